The van der Waals surface area contributed by atoms with Gasteiger partial charge in [-0.05, 0) is 60.2 Å². The second-order valence-corrected chi connectivity index (χ2v) is 9.15. The van der Waals surface area contributed by atoms with Crippen LogP contribution in [0, 0.1) is 0 Å². The van der Waals surface area contributed by atoms with Gasteiger partial charge in [-0.3, -0.25) is 14.7 Å². The van der Waals surface area contributed by atoms with Crippen molar-refractivity contribution < 1.29 is 4.79 Å². The zero-order valence-electron chi connectivity index (χ0n) is 20.1. The first kappa shape index (κ1) is 23.1. The molecular formula is C30H32N4O. The van der Waals surface area contributed by atoms with E-state index in [0.29, 0.717) is 6.42 Å². The summed E-state index contributed by atoms with van der Waals surface area (Å²) in [6, 6.07) is 27.1. The first-order chi connectivity index (χ1) is 17.3. The molecule has 0 saturated carbocycles. The molecule has 2 heterocycles. The molecule has 5 rings (SSSR count). The maximum absolute atomic E-state index is 12.4. The average molecular weight is 465 g/mol. The molecule has 4 aromatic rings. The molecule has 0 bridgehead atoms. The third-order valence-corrected chi connectivity index (χ3v) is 6.77. The fraction of sp³-hybridized carbons (Fsp3) is 0.267. The SMILES string of the molecule is O=C(CCCCN1CCN(c2cccc3ccccc23)CC1)Nc1ccc(-c2cccnc2)cc1. The summed E-state index contributed by atoms with van der Waals surface area (Å²) in [5.41, 5.74) is 4.35. The number of hydrogen-bond acceptors (Lipinski definition) is 4. The van der Waals surface area contributed by atoms with E-state index in [0.717, 1.165) is 62.4 Å². The molecule has 0 aliphatic carbocycles. The molecule has 35 heavy (non-hydrogen) atoms. The average Bonchev–Trinajstić information content (AvgIpc) is 2.92. The Bertz CT molecular complexity index is 1240. The zero-order chi connectivity index (χ0) is 23.9. The fourth-order valence-electron chi connectivity index (χ4n) is 4.82. The van der Waals surface area contributed by atoms with Gasteiger partial charge in [0.2, 0.25) is 5.91 Å². The number of carbonyl (C=O) groups is 1. The number of fused-ring (bicyclic) bond motifs is 1. The van der Waals surface area contributed by atoms with Crippen LogP contribution in [-0.2, 0) is 4.79 Å². The van der Waals surface area contributed by atoms with Crippen LogP contribution in [0.3, 0.4) is 0 Å². The standard InChI is InChI=1S/C30H32N4O/c35-30(32-27-15-13-24(14-16-27)26-9-6-17-31-23-26)12-3-4-18-33-19-21-34(22-20-33)29-11-5-8-25-7-1-2-10-28(25)29/h1-2,5-11,13-17,23H,3-4,12,18-22H2,(H,32,35). The molecule has 1 N–H and O–H groups in total. The predicted octanol–water partition coefficient (Wildman–Crippen LogP) is 5.83. The molecule has 3 aromatic carbocycles. The van der Waals surface area contributed by atoms with Crippen LogP contribution >= 0.6 is 0 Å². The summed E-state index contributed by atoms with van der Waals surface area (Å²) in [5, 5.41) is 5.66. The number of benzene rings is 3. The number of hydrogen-bond donors (Lipinski definition) is 1. The smallest absolute Gasteiger partial charge is 0.224 e. The van der Waals surface area contributed by atoms with Gasteiger partial charge in [-0.15, -0.1) is 0 Å². The summed E-state index contributed by atoms with van der Waals surface area (Å²) >= 11 is 0. The number of carbonyl (C=O) groups excluding carboxylic acids is 1. The number of unbranched alkanes of at least 4 members (excludes halogenated alkanes) is 1. The minimum Gasteiger partial charge on any atom is -0.368 e. The summed E-state index contributed by atoms with van der Waals surface area (Å²) in [7, 11) is 0. The van der Waals surface area contributed by atoms with Crippen LogP contribution in [0.5, 0.6) is 0 Å². The van der Waals surface area contributed by atoms with E-state index < -0.39 is 0 Å². The lowest BCUT2D eigenvalue weighted by Gasteiger charge is -2.36. The number of piperazine rings is 1. The number of anilines is 2. The molecule has 0 radical (unpaired) electrons. The number of nitrogens with one attached hydrogen (secondary N) is 1. The highest BCUT2D eigenvalue weighted by molar-refractivity contribution is 5.94. The lowest BCUT2D eigenvalue weighted by atomic mass is 10.1. The Morgan fingerprint density at radius 2 is 1.60 bits per heavy atom. The van der Waals surface area contributed by atoms with E-state index in [1.54, 1.807) is 6.20 Å². The van der Waals surface area contributed by atoms with Crippen LogP contribution in [0.15, 0.2) is 91.3 Å². The van der Waals surface area contributed by atoms with E-state index in [1.165, 1.54) is 16.5 Å². The quantitative estimate of drug-likeness (QED) is 0.333. The maximum Gasteiger partial charge on any atom is 0.224 e. The van der Waals surface area contributed by atoms with Crippen molar-refractivity contribution in [1.29, 1.82) is 0 Å². The Kier molecular flexibility index (Phi) is 7.35. The fourth-order valence-corrected chi connectivity index (χ4v) is 4.82. The first-order valence-corrected chi connectivity index (χ1v) is 12.5. The number of pyridine rings is 1. The Morgan fingerprint density at radius 1 is 0.800 bits per heavy atom. The van der Waals surface area contributed by atoms with Crippen molar-refractivity contribution in [1.82, 2.24) is 9.88 Å². The number of aromatic nitrogens is 1. The zero-order valence-corrected chi connectivity index (χ0v) is 20.1. The highest BCUT2D eigenvalue weighted by Gasteiger charge is 2.18. The topological polar surface area (TPSA) is 48.5 Å². The van der Waals surface area contributed by atoms with E-state index in [9.17, 15) is 4.79 Å². The summed E-state index contributed by atoms with van der Waals surface area (Å²) in [6.45, 7) is 5.28. The number of nitrogens with zero attached hydrogens (tertiary/aromatic N) is 3. The van der Waals surface area contributed by atoms with E-state index >= 15 is 0 Å². The molecule has 5 nitrogen and oxygen atoms in total. The van der Waals surface area contributed by atoms with Crippen LogP contribution < -0.4 is 10.2 Å². The van der Waals surface area contributed by atoms with Crippen molar-refractivity contribution in [3.63, 3.8) is 0 Å². The molecule has 0 atom stereocenters. The molecule has 178 valence electrons. The van der Waals surface area contributed by atoms with E-state index in [2.05, 4.69) is 62.6 Å². The third-order valence-electron chi connectivity index (χ3n) is 6.77. The maximum atomic E-state index is 12.4. The largest absolute Gasteiger partial charge is 0.368 e. The Hall–Kier alpha value is -3.70. The van der Waals surface area contributed by atoms with Gasteiger partial charge in [0.1, 0.15) is 0 Å². The normalized spacial score (nSPS) is 14.2. The minimum atomic E-state index is 0.0832. The van der Waals surface area contributed by atoms with Crippen molar-refractivity contribution in [2.24, 2.45) is 0 Å². The van der Waals surface area contributed by atoms with Gasteiger partial charge >= 0.3 is 0 Å². The van der Waals surface area contributed by atoms with E-state index in [1.807, 2.05) is 42.6 Å². The molecule has 1 amide bonds. The molecule has 5 heteroatoms. The predicted molar refractivity (Wildman–Crippen MR) is 145 cm³/mol. The highest BCUT2D eigenvalue weighted by Crippen LogP contribution is 2.27. The van der Waals surface area contributed by atoms with E-state index in [-0.39, 0.29) is 5.91 Å². The van der Waals surface area contributed by atoms with Crippen molar-refractivity contribution in [2.45, 2.75) is 19.3 Å². The van der Waals surface area contributed by atoms with Crippen molar-refractivity contribution >= 4 is 28.1 Å². The molecule has 0 spiro atoms. The van der Waals surface area contributed by atoms with Crippen molar-refractivity contribution in [3.05, 3.63) is 91.3 Å². The van der Waals surface area contributed by atoms with Crippen LogP contribution in [0.2, 0.25) is 0 Å². The third kappa shape index (κ3) is 5.87. The van der Waals surface area contributed by atoms with Crippen LogP contribution in [0.25, 0.3) is 21.9 Å². The van der Waals surface area contributed by atoms with Gasteiger partial charge in [-0.1, -0.05) is 54.6 Å². The second kappa shape index (κ2) is 11.2. The van der Waals surface area contributed by atoms with Gasteiger partial charge < -0.3 is 10.2 Å². The Morgan fingerprint density at radius 3 is 2.40 bits per heavy atom. The van der Waals surface area contributed by atoms with Crippen molar-refractivity contribution in [3.8, 4) is 11.1 Å². The highest BCUT2D eigenvalue weighted by atomic mass is 16.1. The van der Waals surface area contributed by atoms with Gasteiger partial charge in [0.05, 0.1) is 0 Å². The molecule has 1 saturated heterocycles. The molecular weight excluding hydrogens is 432 g/mol. The summed E-state index contributed by atoms with van der Waals surface area (Å²) in [5.74, 6) is 0.0832. The van der Waals surface area contributed by atoms with Gasteiger partial charge in [0.15, 0.2) is 0 Å². The molecule has 1 aromatic heterocycles. The van der Waals surface area contributed by atoms with Crippen LogP contribution in [0.4, 0.5) is 11.4 Å². The molecule has 1 aliphatic heterocycles. The number of amides is 1. The lowest BCUT2D eigenvalue weighted by Crippen LogP contribution is -2.46. The van der Waals surface area contributed by atoms with Gasteiger partial charge in [-0.2, -0.15) is 0 Å². The molecule has 1 aliphatic rings. The van der Waals surface area contributed by atoms with Crippen LogP contribution in [-0.4, -0.2) is 48.5 Å². The minimum absolute atomic E-state index is 0.0832. The first-order valence-electron chi connectivity index (χ1n) is 12.5. The summed E-state index contributed by atoms with van der Waals surface area (Å²) in [6.07, 6.45) is 6.12. The van der Waals surface area contributed by atoms with Crippen molar-refractivity contribution in [2.75, 3.05) is 42.9 Å². The summed E-state index contributed by atoms with van der Waals surface area (Å²) < 4.78 is 0. The molecule has 1 fully saturated rings. The Labute approximate surface area is 207 Å². The van der Waals surface area contributed by atoms with Gasteiger partial charge in [0.25, 0.3) is 0 Å². The van der Waals surface area contributed by atoms with Crippen LogP contribution in [0.1, 0.15) is 19.3 Å². The number of rotatable bonds is 8. The lowest BCUT2D eigenvalue weighted by molar-refractivity contribution is -0.116. The second-order valence-electron chi connectivity index (χ2n) is 9.15. The van der Waals surface area contributed by atoms with Gasteiger partial charge in [-0.25, -0.2) is 0 Å². The summed E-state index contributed by atoms with van der Waals surface area (Å²) in [4.78, 5) is 21.6. The van der Waals surface area contributed by atoms with Gasteiger partial charge in [0, 0.05) is 61.8 Å². The Balaban J connectivity index is 1.02. The van der Waals surface area contributed by atoms with E-state index in [4.69, 9.17) is 0 Å². The molecule has 0 unspecified atom stereocenters. The monoisotopic (exact) mass is 464 g/mol.